The van der Waals surface area contributed by atoms with Crippen molar-refractivity contribution in [3.63, 3.8) is 0 Å². The van der Waals surface area contributed by atoms with Crippen molar-refractivity contribution in [1.29, 1.82) is 0 Å². The Hall–Kier alpha value is -1.73. The molecule has 0 spiro atoms. The number of hydrogen-bond donors (Lipinski definition) is 2. The average Bonchev–Trinajstić information content (AvgIpc) is 3.09. The largest absolute Gasteiger partial charge is 0.317 e. The van der Waals surface area contributed by atoms with Crippen molar-refractivity contribution in [2.24, 2.45) is 5.73 Å². The minimum atomic E-state index is -0.768. The second-order valence-electron chi connectivity index (χ2n) is 5.71. The summed E-state index contributed by atoms with van der Waals surface area (Å²) in [7, 11) is 0. The lowest BCUT2D eigenvalue weighted by Crippen LogP contribution is -2.48. The van der Waals surface area contributed by atoms with E-state index in [1.54, 1.807) is 11.0 Å². The summed E-state index contributed by atoms with van der Waals surface area (Å²) in [6.07, 6.45) is 5.03. The third-order valence-electron chi connectivity index (χ3n) is 3.94. The number of carbonyl (C=O) groups is 1. The van der Waals surface area contributed by atoms with Gasteiger partial charge in [-0.3, -0.25) is 10.1 Å². The Labute approximate surface area is 137 Å². The highest BCUT2D eigenvalue weighted by atomic mass is 79.9. The van der Waals surface area contributed by atoms with Crippen molar-refractivity contribution < 1.29 is 4.79 Å². The van der Waals surface area contributed by atoms with Crippen molar-refractivity contribution in [1.82, 2.24) is 14.8 Å². The number of amides is 1. The molecular formula is C15H18BrN5O. The van der Waals surface area contributed by atoms with E-state index in [1.807, 2.05) is 24.3 Å². The number of carbonyl (C=O) groups excluding carboxylic acids is 1. The summed E-state index contributed by atoms with van der Waals surface area (Å²) < 4.78 is 2.71. The van der Waals surface area contributed by atoms with Crippen LogP contribution in [0, 0.1) is 0 Å². The maximum absolute atomic E-state index is 12.2. The fraction of sp³-hybridized carbons (Fsp3) is 0.400. The fourth-order valence-corrected chi connectivity index (χ4v) is 3.16. The van der Waals surface area contributed by atoms with Gasteiger partial charge in [0.2, 0.25) is 11.9 Å². The van der Waals surface area contributed by atoms with Gasteiger partial charge in [0.05, 0.1) is 12.1 Å². The SMILES string of the molecule is NC1(C(=O)Nc2ncn(Cc3cccc(Br)c3)n2)CCCC1. The lowest BCUT2D eigenvalue weighted by atomic mass is 9.98. The Kier molecular flexibility index (Phi) is 4.26. The van der Waals surface area contributed by atoms with Gasteiger partial charge in [-0.2, -0.15) is 0 Å². The van der Waals surface area contributed by atoms with Crippen molar-refractivity contribution in [2.45, 2.75) is 37.8 Å². The molecule has 1 aliphatic rings. The van der Waals surface area contributed by atoms with Crippen LogP contribution in [0.5, 0.6) is 0 Å². The molecule has 1 amide bonds. The summed E-state index contributed by atoms with van der Waals surface area (Å²) in [5.74, 6) is 0.113. The molecule has 22 heavy (non-hydrogen) atoms. The molecular weight excluding hydrogens is 346 g/mol. The first-order valence-electron chi connectivity index (χ1n) is 7.29. The third kappa shape index (κ3) is 3.36. The Bertz CT molecular complexity index is 678. The van der Waals surface area contributed by atoms with E-state index in [-0.39, 0.29) is 5.91 Å². The number of benzene rings is 1. The Morgan fingerprint density at radius 2 is 2.18 bits per heavy atom. The number of nitrogens with two attached hydrogens (primary N) is 1. The normalized spacial score (nSPS) is 16.6. The molecule has 0 unspecified atom stereocenters. The molecule has 1 aliphatic carbocycles. The van der Waals surface area contributed by atoms with E-state index >= 15 is 0 Å². The van der Waals surface area contributed by atoms with E-state index in [0.717, 1.165) is 35.7 Å². The molecule has 1 aromatic carbocycles. The molecule has 0 saturated heterocycles. The molecule has 7 heteroatoms. The predicted octanol–water partition coefficient (Wildman–Crippen LogP) is 2.30. The monoisotopic (exact) mass is 363 g/mol. The fourth-order valence-electron chi connectivity index (χ4n) is 2.71. The zero-order valence-electron chi connectivity index (χ0n) is 12.1. The third-order valence-corrected chi connectivity index (χ3v) is 4.44. The zero-order valence-corrected chi connectivity index (χ0v) is 13.7. The van der Waals surface area contributed by atoms with Crippen LogP contribution in [-0.4, -0.2) is 26.2 Å². The molecule has 1 heterocycles. The Morgan fingerprint density at radius 1 is 1.41 bits per heavy atom. The van der Waals surface area contributed by atoms with Gasteiger partial charge < -0.3 is 5.73 Å². The molecule has 0 bridgehead atoms. The lowest BCUT2D eigenvalue weighted by molar-refractivity contribution is -0.121. The highest BCUT2D eigenvalue weighted by molar-refractivity contribution is 9.10. The molecule has 6 nitrogen and oxygen atoms in total. The number of hydrogen-bond acceptors (Lipinski definition) is 4. The molecule has 1 fully saturated rings. The van der Waals surface area contributed by atoms with Gasteiger partial charge in [0.1, 0.15) is 6.33 Å². The van der Waals surface area contributed by atoms with Gasteiger partial charge in [0, 0.05) is 4.47 Å². The van der Waals surface area contributed by atoms with Gasteiger partial charge in [0.15, 0.2) is 0 Å². The first-order valence-corrected chi connectivity index (χ1v) is 8.09. The van der Waals surface area contributed by atoms with Gasteiger partial charge in [-0.05, 0) is 30.5 Å². The number of rotatable bonds is 4. The summed E-state index contributed by atoms with van der Waals surface area (Å²) in [5, 5.41) is 7.01. The molecule has 3 rings (SSSR count). The van der Waals surface area contributed by atoms with Crippen molar-refractivity contribution in [3.05, 3.63) is 40.6 Å². The van der Waals surface area contributed by atoms with Crippen molar-refractivity contribution >= 4 is 27.8 Å². The van der Waals surface area contributed by atoms with Crippen LogP contribution in [0.25, 0.3) is 0 Å². The van der Waals surface area contributed by atoms with Gasteiger partial charge in [0.25, 0.3) is 0 Å². The second kappa shape index (κ2) is 6.18. The summed E-state index contributed by atoms with van der Waals surface area (Å²) in [6, 6.07) is 7.97. The number of halogens is 1. The first-order chi connectivity index (χ1) is 10.5. The Morgan fingerprint density at radius 3 is 2.91 bits per heavy atom. The van der Waals surface area contributed by atoms with Gasteiger partial charge in [-0.25, -0.2) is 9.67 Å². The van der Waals surface area contributed by atoms with Crippen molar-refractivity contribution in [2.75, 3.05) is 5.32 Å². The predicted molar refractivity (Wildman–Crippen MR) is 87.3 cm³/mol. The number of anilines is 1. The van der Waals surface area contributed by atoms with Gasteiger partial charge >= 0.3 is 0 Å². The standard InChI is InChI=1S/C15H18BrN5O/c16-12-5-3-4-11(8-12)9-21-10-18-14(20-21)19-13(22)15(17)6-1-2-7-15/h3-5,8,10H,1-2,6-7,9,17H2,(H,19,20,22). The second-order valence-corrected chi connectivity index (χ2v) is 6.63. The minimum absolute atomic E-state index is 0.190. The minimum Gasteiger partial charge on any atom is -0.317 e. The van der Waals surface area contributed by atoms with E-state index in [1.165, 1.54) is 0 Å². The number of nitrogens with zero attached hydrogens (tertiary/aromatic N) is 3. The average molecular weight is 364 g/mol. The smallest absolute Gasteiger partial charge is 0.248 e. The maximum atomic E-state index is 12.2. The summed E-state index contributed by atoms with van der Waals surface area (Å²) in [4.78, 5) is 16.3. The molecule has 0 radical (unpaired) electrons. The van der Waals surface area contributed by atoms with Crippen LogP contribution in [0.2, 0.25) is 0 Å². The quantitative estimate of drug-likeness (QED) is 0.872. The molecule has 3 N–H and O–H groups in total. The summed E-state index contributed by atoms with van der Waals surface area (Å²) >= 11 is 3.44. The lowest BCUT2D eigenvalue weighted by Gasteiger charge is -2.20. The van der Waals surface area contributed by atoms with Gasteiger partial charge in [-0.1, -0.05) is 40.9 Å². The van der Waals surface area contributed by atoms with Crippen LogP contribution in [0.1, 0.15) is 31.2 Å². The zero-order chi connectivity index (χ0) is 15.6. The summed E-state index contributed by atoms with van der Waals surface area (Å²) in [5.41, 5.74) is 6.45. The van der Waals surface area contributed by atoms with E-state index in [9.17, 15) is 4.79 Å². The van der Waals surface area contributed by atoms with Gasteiger partial charge in [-0.15, -0.1) is 5.10 Å². The van der Waals surface area contributed by atoms with Crippen LogP contribution >= 0.6 is 15.9 Å². The van der Waals surface area contributed by atoms with E-state index in [0.29, 0.717) is 12.5 Å². The van der Waals surface area contributed by atoms with E-state index in [4.69, 9.17) is 5.73 Å². The van der Waals surface area contributed by atoms with Crippen LogP contribution < -0.4 is 11.1 Å². The van der Waals surface area contributed by atoms with Crippen molar-refractivity contribution in [3.8, 4) is 0 Å². The van der Waals surface area contributed by atoms with E-state index in [2.05, 4.69) is 31.3 Å². The molecule has 0 aliphatic heterocycles. The molecule has 0 atom stereocenters. The van der Waals surface area contributed by atoms with Crippen LogP contribution in [0.4, 0.5) is 5.95 Å². The first kappa shape index (κ1) is 15.2. The van der Waals surface area contributed by atoms with Crippen LogP contribution in [0.15, 0.2) is 35.1 Å². The van der Waals surface area contributed by atoms with Crippen LogP contribution in [-0.2, 0) is 11.3 Å². The summed E-state index contributed by atoms with van der Waals surface area (Å²) in [6.45, 7) is 0.593. The molecule has 116 valence electrons. The molecule has 1 aromatic heterocycles. The molecule has 2 aromatic rings. The topological polar surface area (TPSA) is 85.8 Å². The number of nitrogens with one attached hydrogen (secondary N) is 1. The maximum Gasteiger partial charge on any atom is 0.248 e. The van der Waals surface area contributed by atoms with Crippen LogP contribution in [0.3, 0.4) is 0 Å². The van der Waals surface area contributed by atoms with E-state index < -0.39 is 5.54 Å². The highest BCUT2D eigenvalue weighted by Gasteiger charge is 2.37. The Balaban J connectivity index is 1.65. The highest BCUT2D eigenvalue weighted by Crippen LogP contribution is 2.28. The molecule has 1 saturated carbocycles. The number of aromatic nitrogens is 3.